The molecule has 0 fully saturated rings. The molecule has 0 unspecified atom stereocenters. The SMILES string of the molecule is CC(C)(C)OC(=O)N(CCc1ccccc1S(=O)(=O)c1ccc(C(=O)NCC(=O)O)cc1)C[C@@H](O)c1cccc(Cl)c1. The van der Waals surface area contributed by atoms with Crippen LogP contribution < -0.4 is 5.32 Å². The molecule has 12 heteroatoms. The second kappa shape index (κ2) is 13.8. The van der Waals surface area contributed by atoms with Crippen LogP contribution in [0.5, 0.6) is 0 Å². The quantitative estimate of drug-likeness (QED) is 0.285. The Bertz CT molecular complexity index is 1540. The van der Waals surface area contributed by atoms with E-state index in [9.17, 15) is 27.9 Å². The molecule has 0 aliphatic rings. The summed E-state index contributed by atoms with van der Waals surface area (Å²) in [5, 5.41) is 22.2. The standard InChI is InChI=1S/C30H33ClN2O8S/c1-30(2,3)41-29(38)33(19-25(34)22-8-6-9-23(31)17-22)16-15-20-7-4-5-10-26(20)42(39,40)24-13-11-21(12-14-24)28(37)32-18-27(35)36/h4-14,17,25,34H,15-16,18-19H2,1-3H3,(H,32,37)(H,35,36)/t25-/m1/s1. The summed E-state index contributed by atoms with van der Waals surface area (Å²) < 4.78 is 32.7. The highest BCUT2D eigenvalue weighted by atomic mass is 35.5. The molecule has 0 bridgehead atoms. The second-order valence-electron chi connectivity index (χ2n) is 10.5. The first kappa shape index (κ1) is 32.6. The first-order valence-corrected chi connectivity index (χ1v) is 14.9. The number of halogens is 1. The van der Waals surface area contributed by atoms with Crippen LogP contribution in [0.25, 0.3) is 0 Å². The van der Waals surface area contributed by atoms with Gasteiger partial charge in [-0.1, -0.05) is 41.9 Å². The average molecular weight is 617 g/mol. The summed E-state index contributed by atoms with van der Waals surface area (Å²) in [7, 11) is -4.03. The maximum Gasteiger partial charge on any atom is 0.410 e. The molecule has 0 aliphatic carbocycles. The number of rotatable bonds is 11. The fourth-order valence-corrected chi connectivity index (χ4v) is 5.73. The zero-order valence-electron chi connectivity index (χ0n) is 23.4. The summed E-state index contributed by atoms with van der Waals surface area (Å²) in [4.78, 5) is 37.2. The van der Waals surface area contributed by atoms with E-state index in [4.69, 9.17) is 21.4 Å². The molecular weight excluding hydrogens is 584 g/mol. The van der Waals surface area contributed by atoms with Crippen molar-refractivity contribution in [2.45, 2.75) is 48.7 Å². The van der Waals surface area contributed by atoms with Gasteiger partial charge >= 0.3 is 12.1 Å². The van der Waals surface area contributed by atoms with E-state index in [-0.39, 0.29) is 34.9 Å². The van der Waals surface area contributed by atoms with Gasteiger partial charge in [0.2, 0.25) is 9.84 Å². The van der Waals surface area contributed by atoms with Gasteiger partial charge in [0.05, 0.1) is 22.4 Å². The minimum atomic E-state index is -4.03. The summed E-state index contributed by atoms with van der Waals surface area (Å²) in [6.07, 6.45) is -1.60. The normalized spacial score (nSPS) is 12.3. The second-order valence-corrected chi connectivity index (χ2v) is 12.8. The third-order valence-corrected chi connectivity index (χ3v) is 8.12. The molecule has 0 heterocycles. The number of nitrogens with one attached hydrogen (secondary N) is 1. The van der Waals surface area contributed by atoms with Crippen LogP contribution in [0, 0.1) is 0 Å². The van der Waals surface area contributed by atoms with Gasteiger partial charge < -0.3 is 25.2 Å². The molecule has 42 heavy (non-hydrogen) atoms. The van der Waals surface area contributed by atoms with Crippen molar-refractivity contribution in [3.8, 4) is 0 Å². The third-order valence-electron chi connectivity index (χ3n) is 6.02. The summed E-state index contributed by atoms with van der Waals surface area (Å²) >= 11 is 6.06. The fraction of sp³-hybridized carbons (Fsp3) is 0.300. The average Bonchev–Trinajstić information content (AvgIpc) is 2.93. The van der Waals surface area contributed by atoms with Crippen LogP contribution in [0.4, 0.5) is 4.79 Å². The number of carbonyl (C=O) groups is 3. The number of ether oxygens (including phenoxy) is 1. The predicted molar refractivity (Wildman–Crippen MR) is 156 cm³/mol. The van der Waals surface area contributed by atoms with Gasteiger partial charge in [-0.3, -0.25) is 9.59 Å². The lowest BCUT2D eigenvalue weighted by molar-refractivity contribution is -0.135. The van der Waals surface area contributed by atoms with E-state index < -0.39 is 46.1 Å². The summed E-state index contributed by atoms with van der Waals surface area (Å²) in [6.45, 7) is 4.53. The minimum Gasteiger partial charge on any atom is -0.480 e. The highest BCUT2D eigenvalue weighted by molar-refractivity contribution is 7.91. The zero-order chi connectivity index (χ0) is 31.1. The van der Waals surface area contributed by atoms with Crippen LogP contribution in [0.15, 0.2) is 82.6 Å². The van der Waals surface area contributed by atoms with Crippen LogP contribution >= 0.6 is 11.6 Å². The van der Waals surface area contributed by atoms with E-state index in [2.05, 4.69) is 5.32 Å². The van der Waals surface area contributed by atoms with Crippen molar-refractivity contribution in [2.75, 3.05) is 19.6 Å². The number of nitrogens with zero attached hydrogens (tertiary/aromatic N) is 1. The van der Waals surface area contributed by atoms with Gasteiger partial charge in [-0.05, 0) is 80.8 Å². The Kier molecular flexibility index (Phi) is 10.7. The predicted octanol–water partition coefficient (Wildman–Crippen LogP) is 4.50. The number of aliphatic carboxylic acids is 1. The first-order valence-electron chi connectivity index (χ1n) is 13.0. The molecule has 0 spiro atoms. The van der Waals surface area contributed by atoms with Crippen LogP contribution in [-0.2, 0) is 25.8 Å². The maximum absolute atomic E-state index is 13.6. The lowest BCUT2D eigenvalue weighted by atomic mass is 10.1. The first-order chi connectivity index (χ1) is 19.7. The molecule has 3 N–H and O–H groups in total. The van der Waals surface area contributed by atoms with Crippen molar-refractivity contribution >= 4 is 39.4 Å². The fourth-order valence-electron chi connectivity index (χ4n) is 4.01. The monoisotopic (exact) mass is 616 g/mol. The number of carboxylic acid groups (broad SMARTS) is 1. The van der Waals surface area contributed by atoms with E-state index in [1.165, 1.54) is 35.2 Å². The van der Waals surface area contributed by atoms with Gasteiger partial charge in [-0.25, -0.2) is 13.2 Å². The Labute approximate surface area is 249 Å². The molecular formula is C30H33ClN2O8S. The van der Waals surface area contributed by atoms with Crippen molar-refractivity contribution in [1.82, 2.24) is 10.2 Å². The highest BCUT2D eigenvalue weighted by Crippen LogP contribution is 2.26. The molecule has 0 saturated heterocycles. The summed E-state index contributed by atoms with van der Waals surface area (Å²) in [6, 6.07) is 18.2. The molecule has 10 nitrogen and oxygen atoms in total. The number of hydrogen-bond donors (Lipinski definition) is 3. The van der Waals surface area contributed by atoms with Crippen molar-refractivity contribution in [1.29, 1.82) is 0 Å². The molecule has 2 amide bonds. The molecule has 0 aliphatic heterocycles. The van der Waals surface area contributed by atoms with E-state index in [1.807, 2.05) is 0 Å². The summed E-state index contributed by atoms with van der Waals surface area (Å²) in [5.41, 5.74) is 0.259. The van der Waals surface area contributed by atoms with Gasteiger partial charge in [-0.15, -0.1) is 0 Å². The number of amides is 2. The van der Waals surface area contributed by atoms with E-state index in [0.717, 1.165) is 0 Å². The van der Waals surface area contributed by atoms with Crippen LogP contribution in [0.2, 0.25) is 5.02 Å². The Balaban J connectivity index is 1.83. The third kappa shape index (κ3) is 9.04. The highest BCUT2D eigenvalue weighted by Gasteiger charge is 2.27. The van der Waals surface area contributed by atoms with Gasteiger partial charge in [0, 0.05) is 17.1 Å². The van der Waals surface area contributed by atoms with Gasteiger partial charge in [-0.2, -0.15) is 0 Å². The van der Waals surface area contributed by atoms with Crippen molar-refractivity contribution in [2.24, 2.45) is 0 Å². The van der Waals surface area contributed by atoms with Crippen molar-refractivity contribution in [3.63, 3.8) is 0 Å². The largest absolute Gasteiger partial charge is 0.480 e. The zero-order valence-corrected chi connectivity index (χ0v) is 25.0. The van der Waals surface area contributed by atoms with E-state index >= 15 is 0 Å². The number of hydrogen-bond acceptors (Lipinski definition) is 7. The lowest BCUT2D eigenvalue weighted by Gasteiger charge is -2.29. The Morgan fingerprint density at radius 1 is 1.00 bits per heavy atom. The molecule has 3 rings (SSSR count). The van der Waals surface area contributed by atoms with Crippen molar-refractivity contribution in [3.05, 3.63) is 94.5 Å². The number of aliphatic hydroxyl groups excluding tert-OH is 1. The molecule has 0 saturated carbocycles. The maximum atomic E-state index is 13.6. The minimum absolute atomic E-state index is 0.0209. The summed E-state index contributed by atoms with van der Waals surface area (Å²) in [5.74, 6) is -1.85. The molecule has 0 aromatic heterocycles. The van der Waals surface area contributed by atoms with Crippen molar-refractivity contribution < 1.29 is 37.8 Å². The Morgan fingerprint density at radius 2 is 1.67 bits per heavy atom. The topological polar surface area (TPSA) is 150 Å². The molecule has 1 atom stereocenters. The van der Waals surface area contributed by atoms with Gasteiger partial charge in [0.25, 0.3) is 5.91 Å². The number of aliphatic hydroxyl groups is 1. The molecule has 0 radical (unpaired) electrons. The number of benzene rings is 3. The smallest absolute Gasteiger partial charge is 0.410 e. The van der Waals surface area contributed by atoms with E-state index in [0.29, 0.717) is 16.1 Å². The number of carboxylic acids is 1. The van der Waals surface area contributed by atoms with Crippen LogP contribution in [0.1, 0.15) is 48.4 Å². The van der Waals surface area contributed by atoms with Gasteiger partial charge in [0.15, 0.2) is 0 Å². The van der Waals surface area contributed by atoms with Crippen LogP contribution in [0.3, 0.4) is 0 Å². The van der Waals surface area contributed by atoms with E-state index in [1.54, 1.807) is 63.2 Å². The van der Waals surface area contributed by atoms with Crippen LogP contribution in [-0.4, -0.2) is 66.7 Å². The van der Waals surface area contributed by atoms with Gasteiger partial charge in [0.1, 0.15) is 12.1 Å². The molecule has 3 aromatic rings. The lowest BCUT2D eigenvalue weighted by Crippen LogP contribution is -2.40. The molecule has 224 valence electrons. The Hall–Kier alpha value is -3.93. The number of sulfone groups is 1. The molecule has 3 aromatic carbocycles. The number of carbonyl (C=O) groups excluding carboxylic acids is 2. The Morgan fingerprint density at radius 3 is 2.29 bits per heavy atom.